The molecule has 0 radical (unpaired) electrons. The number of rotatable bonds is 6. The summed E-state index contributed by atoms with van der Waals surface area (Å²) in [6.45, 7) is 2.50. The summed E-state index contributed by atoms with van der Waals surface area (Å²) in [5.74, 6) is 1.23. The molecule has 1 aromatic heterocycles. The molecule has 0 unspecified atom stereocenters. The number of nitrogens with one attached hydrogen (secondary N) is 1. The molecule has 0 saturated heterocycles. The van der Waals surface area contributed by atoms with Gasteiger partial charge in [0.25, 0.3) is 0 Å². The summed E-state index contributed by atoms with van der Waals surface area (Å²) in [6, 6.07) is 15.5. The fourth-order valence-electron chi connectivity index (χ4n) is 2.43. The largest absolute Gasteiger partial charge is 0.441 e. The highest BCUT2D eigenvalue weighted by Gasteiger charge is 2.09. The third-order valence-electron chi connectivity index (χ3n) is 3.83. The Bertz CT molecular complexity index is 856. The molecule has 1 amide bonds. The summed E-state index contributed by atoms with van der Waals surface area (Å²) in [5, 5.41) is 3.54. The van der Waals surface area contributed by atoms with Crippen LogP contribution in [0.4, 0.5) is 0 Å². The lowest BCUT2D eigenvalue weighted by molar-refractivity contribution is -0.121. The second kappa shape index (κ2) is 7.99. The Balaban J connectivity index is 1.50. The lowest BCUT2D eigenvalue weighted by Gasteiger charge is -2.05. The summed E-state index contributed by atoms with van der Waals surface area (Å²) in [4.78, 5) is 16.2. The van der Waals surface area contributed by atoms with Gasteiger partial charge in [0.15, 0.2) is 11.7 Å². The molecule has 0 saturated carbocycles. The zero-order valence-corrected chi connectivity index (χ0v) is 14.7. The number of carbonyl (C=O) groups excluding carboxylic acids is 1. The first-order chi connectivity index (χ1) is 12.1. The van der Waals surface area contributed by atoms with Gasteiger partial charge in [0.2, 0.25) is 5.91 Å². The Morgan fingerprint density at radius 1 is 1.20 bits per heavy atom. The van der Waals surface area contributed by atoms with E-state index in [0.29, 0.717) is 36.1 Å². The van der Waals surface area contributed by atoms with Crippen LogP contribution in [-0.2, 0) is 17.8 Å². The molecule has 0 atom stereocenters. The van der Waals surface area contributed by atoms with Crippen LogP contribution in [0.25, 0.3) is 11.3 Å². The summed E-state index contributed by atoms with van der Waals surface area (Å²) in [6.07, 6.45) is 2.49. The number of nitrogens with zero attached hydrogens (tertiary/aromatic N) is 1. The number of benzene rings is 2. The molecule has 0 bridgehead atoms. The van der Waals surface area contributed by atoms with Gasteiger partial charge in [0, 0.05) is 30.0 Å². The number of amides is 1. The second-order valence-corrected chi connectivity index (χ2v) is 6.33. The highest BCUT2D eigenvalue weighted by molar-refractivity contribution is 6.30. The Morgan fingerprint density at radius 2 is 2.00 bits per heavy atom. The first-order valence-electron chi connectivity index (χ1n) is 8.13. The smallest absolute Gasteiger partial charge is 0.220 e. The van der Waals surface area contributed by atoms with Crippen molar-refractivity contribution in [3.05, 3.63) is 76.8 Å². The van der Waals surface area contributed by atoms with Gasteiger partial charge >= 0.3 is 0 Å². The number of aryl methyl sites for hydroxylation is 2. The van der Waals surface area contributed by atoms with Gasteiger partial charge in [-0.15, -0.1) is 0 Å². The first-order valence-corrected chi connectivity index (χ1v) is 8.51. The molecule has 25 heavy (non-hydrogen) atoms. The van der Waals surface area contributed by atoms with Crippen molar-refractivity contribution in [2.45, 2.75) is 26.3 Å². The van der Waals surface area contributed by atoms with Gasteiger partial charge < -0.3 is 9.73 Å². The molecule has 3 rings (SSSR count). The molecule has 4 nitrogen and oxygen atoms in total. The molecular weight excluding hydrogens is 336 g/mol. The molecule has 0 aliphatic heterocycles. The van der Waals surface area contributed by atoms with Crippen molar-refractivity contribution < 1.29 is 9.21 Å². The van der Waals surface area contributed by atoms with E-state index in [0.717, 1.165) is 11.1 Å². The van der Waals surface area contributed by atoms with E-state index in [2.05, 4.69) is 10.3 Å². The molecule has 0 spiro atoms. The zero-order valence-electron chi connectivity index (χ0n) is 14.0. The van der Waals surface area contributed by atoms with Crippen LogP contribution in [0.3, 0.4) is 0 Å². The minimum Gasteiger partial charge on any atom is -0.441 e. The predicted molar refractivity (Wildman–Crippen MR) is 98.3 cm³/mol. The Hall–Kier alpha value is -2.59. The fraction of sp³-hybridized carbons (Fsp3) is 0.200. The zero-order chi connectivity index (χ0) is 17.6. The number of halogens is 1. The lowest BCUT2D eigenvalue weighted by atomic mass is 10.1. The third-order valence-corrected chi connectivity index (χ3v) is 4.07. The molecule has 0 aliphatic rings. The molecule has 2 aromatic carbocycles. The normalized spacial score (nSPS) is 10.6. The maximum Gasteiger partial charge on any atom is 0.220 e. The number of oxazole rings is 1. The minimum atomic E-state index is -0.0462. The maximum atomic E-state index is 12.0. The number of hydrogen-bond donors (Lipinski definition) is 1. The van der Waals surface area contributed by atoms with Crippen LogP contribution >= 0.6 is 11.6 Å². The highest BCUT2D eigenvalue weighted by Crippen LogP contribution is 2.21. The Labute approximate surface area is 151 Å². The van der Waals surface area contributed by atoms with Crippen molar-refractivity contribution in [2.75, 3.05) is 0 Å². The van der Waals surface area contributed by atoms with Crippen LogP contribution in [0.15, 0.2) is 59.1 Å². The first kappa shape index (κ1) is 17.2. The highest BCUT2D eigenvalue weighted by atomic mass is 35.5. The SMILES string of the molecule is Cc1ccc(-c2cnc(CCC(=O)NCc3cccc(Cl)c3)o2)cc1. The van der Waals surface area contributed by atoms with Gasteiger partial charge in [-0.25, -0.2) is 4.98 Å². The van der Waals surface area contributed by atoms with E-state index in [4.69, 9.17) is 16.0 Å². The van der Waals surface area contributed by atoms with E-state index in [-0.39, 0.29) is 5.91 Å². The summed E-state index contributed by atoms with van der Waals surface area (Å²) in [5.41, 5.74) is 3.15. The van der Waals surface area contributed by atoms with E-state index in [1.165, 1.54) is 5.56 Å². The van der Waals surface area contributed by atoms with Crippen molar-refractivity contribution >= 4 is 17.5 Å². The standard InChI is InChI=1S/C20H19ClN2O2/c1-14-5-7-16(8-6-14)18-13-23-20(25-18)10-9-19(24)22-12-15-3-2-4-17(21)11-15/h2-8,11,13H,9-10,12H2,1H3,(H,22,24). The van der Waals surface area contributed by atoms with Gasteiger partial charge in [-0.2, -0.15) is 0 Å². The van der Waals surface area contributed by atoms with Gasteiger partial charge in [0.1, 0.15) is 0 Å². The molecule has 1 heterocycles. The average Bonchev–Trinajstić information content (AvgIpc) is 3.08. The van der Waals surface area contributed by atoms with Gasteiger partial charge in [-0.05, 0) is 24.6 Å². The van der Waals surface area contributed by atoms with Crippen molar-refractivity contribution in [3.63, 3.8) is 0 Å². The number of hydrogen-bond acceptors (Lipinski definition) is 3. The van der Waals surface area contributed by atoms with Gasteiger partial charge in [-0.3, -0.25) is 4.79 Å². The summed E-state index contributed by atoms with van der Waals surface area (Å²) in [7, 11) is 0. The summed E-state index contributed by atoms with van der Waals surface area (Å²) < 4.78 is 5.73. The maximum absolute atomic E-state index is 12.0. The van der Waals surface area contributed by atoms with Crippen molar-refractivity contribution in [2.24, 2.45) is 0 Å². The van der Waals surface area contributed by atoms with Gasteiger partial charge in [0.05, 0.1) is 6.20 Å². The molecule has 5 heteroatoms. The molecule has 128 valence electrons. The Morgan fingerprint density at radius 3 is 2.76 bits per heavy atom. The average molecular weight is 355 g/mol. The monoisotopic (exact) mass is 354 g/mol. The second-order valence-electron chi connectivity index (χ2n) is 5.89. The summed E-state index contributed by atoms with van der Waals surface area (Å²) >= 11 is 5.93. The molecule has 0 aliphatic carbocycles. The van der Waals surface area contributed by atoms with Crippen molar-refractivity contribution in [3.8, 4) is 11.3 Å². The van der Waals surface area contributed by atoms with E-state index in [1.807, 2.05) is 49.4 Å². The third kappa shape index (κ3) is 4.94. The van der Waals surface area contributed by atoms with Crippen molar-refractivity contribution in [1.29, 1.82) is 0 Å². The molecule has 3 aromatic rings. The molecular formula is C20H19ClN2O2. The van der Waals surface area contributed by atoms with Crippen molar-refractivity contribution in [1.82, 2.24) is 10.3 Å². The topological polar surface area (TPSA) is 55.1 Å². The number of aromatic nitrogens is 1. The van der Waals surface area contributed by atoms with Crippen LogP contribution < -0.4 is 5.32 Å². The molecule has 0 fully saturated rings. The van der Waals surface area contributed by atoms with E-state index in [1.54, 1.807) is 12.3 Å². The molecule has 1 N–H and O–H groups in total. The van der Waals surface area contributed by atoms with Crippen LogP contribution in [-0.4, -0.2) is 10.9 Å². The minimum absolute atomic E-state index is 0.0462. The van der Waals surface area contributed by atoms with E-state index >= 15 is 0 Å². The Kier molecular flexibility index (Phi) is 5.51. The van der Waals surface area contributed by atoms with Crippen LogP contribution in [0.1, 0.15) is 23.4 Å². The lowest BCUT2D eigenvalue weighted by Crippen LogP contribution is -2.23. The predicted octanol–water partition coefficient (Wildman–Crippen LogP) is 4.55. The van der Waals surface area contributed by atoms with E-state index in [9.17, 15) is 4.79 Å². The quantitative estimate of drug-likeness (QED) is 0.706. The van der Waals surface area contributed by atoms with Gasteiger partial charge in [-0.1, -0.05) is 53.6 Å². The van der Waals surface area contributed by atoms with E-state index < -0.39 is 0 Å². The van der Waals surface area contributed by atoms with Crippen LogP contribution in [0.2, 0.25) is 5.02 Å². The van der Waals surface area contributed by atoms with Crippen LogP contribution in [0.5, 0.6) is 0 Å². The van der Waals surface area contributed by atoms with Crippen LogP contribution in [0, 0.1) is 6.92 Å². The fourth-order valence-corrected chi connectivity index (χ4v) is 2.65. The number of carbonyl (C=O) groups is 1.